The molecule has 0 bridgehead atoms. The minimum atomic E-state index is -0.110. The third-order valence-electron chi connectivity index (χ3n) is 4.29. The van der Waals surface area contributed by atoms with Crippen LogP contribution in [-0.4, -0.2) is 17.4 Å². The molecular formula is C22H19NO3. The van der Waals surface area contributed by atoms with Crippen LogP contribution in [0.4, 0.5) is 0 Å². The molecule has 0 unspecified atom stereocenters. The second-order valence-electron chi connectivity index (χ2n) is 6.48. The van der Waals surface area contributed by atoms with E-state index < -0.39 is 0 Å². The molecule has 2 heterocycles. The lowest BCUT2D eigenvalue weighted by Gasteiger charge is -2.05. The Balaban J connectivity index is 1.60. The minimum absolute atomic E-state index is 0.110. The van der Waals surface area contributed by atoms with Crippen LogP contribution in [0.25, 0.3) is 17.0 Å². The highest BCUT2D eigenvalue weighted by Crippen LogP contribution is 2.35. The number of fused-ring (bicyclic) bond motifs is 2. The van der Waals surface area contributed by atoms with E-state index >= 15 is 0 Å². The monoisotopic (exact) mass is 345 g/mol. The molecule has 0 fully saturated rings. The van der Waals surface area contributed by atoms with E-state index in [0.717, 1.165) is 16.5 Å². The first-order chi connectivity index (χ1) is 12.6. The Morgan fingerprint density at radius 1 is 1.19 bits per heavy atom. The summed E-state index contributed by atoms with van der Waals surface area (Å²) in [7, 11) is 0. The number of ether oxygens (including phenoxy) is 2. The number of aromatic nitrogens is 1. The van der Waals surface area contributed by atoms with Crippen molar-refractivity contribution in [2.24, 2.45) is 0 Å². The highest BCUT2D eigenvalue weighted by atomic mass is 16.5. The van der Waals surface area contributed by atoms with Gasteiger partial charge >= 0.3 is 0 Å². The average Bonchev–Trinajstić information content (AvgIpc) is 3.17. The number of allylic oxidation sites excluding steroid dienone is 2. The molecule has 3 aromatic rings. The summed E-state index contributed by atoms with van der Waals surface area (Å²) >= 11 is 0. The molecule has 1 N–H and O–H groups in total. The molecule has 4 heteroatoms. The van der Waals surface area contributed by atoms with Crippen molar-refractivity contribution in [2.45, 2.75) is 13.8 Å². The standard InChI is InChI=1S/C22H19NO3/c1-14(2)9-10-25-16-7-8-18-20(12-16)26-21(22(18)24)11-15-13-23-19-6-4-3-5-17(15)19/h3-9,11-13,23H,10H2,1-2H3. The second kappa shape index (κ2) is 6.56. The van der Waals surface area contributed by atoms with Crippen molar-refractivity contribution < 1.29 is 14.3 Å². The predicted molar refractivity (Wildman–Crippen MR) is 103 cm³/mol. The molecule has 4 rings (SSSR count). The summed E-state index contributed by atoms with van der Waals surface area (Å²) < 4.78 is 11.5. The van der Waals surface area contributed by atoms with E-state index in [2.05, 4.69) is 4.98 Å². The van der Waals surface area contributed by atoms with Gasteiger partial charge in [-0.1, -0.05) is 23.8 Å². The fourth-order valence-corrected chi connectivity index (χ4v) is 2.92. The van der Waals surface area contributed by atoms with Crippen LogP contribution in [0.15, 0.2) is 66.1 Å². The fraction of sp³-hybridized carbons (Fsp3) is 0.136. The third-order valence-corrected chi connectivity index (χ3v) is 4.29. The lowest BCUT2D eigenvalue weighted by Crippen LogP contribution is -1.97. The minimum Gasteiger partial charge on any atom is -0.489 e. The second-order valence-corrected chi connectivity index (χ2v) is 6.48. The van der Waals surface area contributed by atoms with E-state index in [9.17, 15) is 4.79 Å². The van der Waals surface area contributed by atoms with Gasteiger partial charge in [-0.15, -0.1) is 0 Å². The normalized spacial score (nSPS) is 14.4. The first-order valence-corrected chi connectivity index (χ1v) is 8.52. The number of nitrogens with one attached hydrogen (secondary N) is 1. The molecule has 0 atom stereocenters. The molecule has 0 radical (unpaired) electrons. The lowest BCUT2D eigenvalue weighted by atomic mass is 10.1. The van der Waals surface area contributed by atoms with Gasteiger partial charge in [-0.3, -0.25) is 4.79 Å². The van der Waals surface area contributed by atoms with Crippen LogP contribution in [0.3, 0.4) is 0 Å². The Kier molecular flexibility index (Phi) is 4.09. The van der Waals surface area contributed by atoms with Crippen molar-refractivity contribution >= 4 is 22.8 Å². The summed E-state index contributed by atoms with van der Waals surface area (Å²) in [5, 5.41) is 1.05. The number of rotatable bonds is 4. The van der Waals surface area contributed by atoms with Crippen molar-refractivity contribution in [3.8, 4) is 11.5 Å². The fourth-order valence-electron chi connectivity index (χ4n) is 2.92. The van der Waals surface area contributed by atoms with Crippen LogP contribution in [0, 0.1) is 0 Å². The predicted octanol–water partition coefficient (Wildman–Crippen LogP) is 5.13. The summed E-state index contributed by atoms with van der Waals surface area (Å²) in [6.45, 7) is 4.54. The molecule has 26 heavy (non-hydrogen) atoms. The number of carbonyl (C=O) groups is 1. The average molecular weight is 345 g/mol. The van der Waals surface area contributed by atoms with E-state index in [4.69, 9.17) is 9.47 Å². The van der Waals surface area contributed by atoms with Gasteiger partial charge in [-0.05, 0) is 44.2 Å². The largest absolute Gasteiger partial charge is 0.489 e. The van der Waals surface area contributed by atoms with E-state index in [1.165, 1.54) is 5.57 Å². The molecule has 0 amide bonds. The smallest absolute Gasteiger partial charge is 0.231 e. The molecule has 1 aliphatic heterocycles. The summed E-state index contributed by atoms with van der Waals surface area (Å²) in [4.78, 5) is 15.8. The third kappa shape index (κ3) is 3.02. The molecule has 1 aromatic heterocycles. The molecule has 1 aliphatic rings. The summed E-state index contributed by atoms with van der Waals surface area (Å²) in [6, 6.07) is 13.3. The maximum atomic E-state index is 12.6. The Hall–Kier alpha value is -3.27. The number of ketones is 1. The van der Waals surface area contributed by atoms with Gasteiger partial charge in [0.25, 0.3) is 0 Å². The van der Waals surface area contributed by atoms with Crippen molar-refractivity contribution in [2.75, 3.05) is 6.61 Å². The number of H-pyrrole nitrogens is 1. The number of para-hydroxylation sites is 1. The quantitative estimate of drug-likeness (QED) is 0.527. The van der Waals surface area contributed by atoms with Gasteiger partial charge in [0, 0.05) is 28.7 Å². The Labute approximate surface area is 151 Å². The van der Waals surface area contributed by atoms with Crippen molar-refractivity contribution in [1.82, 2.24) is 4.98 Å². The Morgan fingerprint density at radius 3 is 2.88 bits per heavy atom. The molecule has 0 spiro atoms. The van der Waals surface area contributed by atoms with E-state index in [1.807, 2.05) is 50.4 Å². The number of benzene rings is 2. The topological polar surface area (TPSA) is 51.3 Å². The number of hydrogen-bond donors (Lipinski definition) is 1. The highest BCUT2D eigenvalue weighted by molar-refractivity contribution is 6.15. The van der Waals surface area contributed by atoms with Crippen LogP contribution < -0.4 is 9.47 Å². The van der Waals surface area contributed by atoms with Crippen LogP contribution >= 0.6 is 0 Å². The van der Waals surface area contributed by atoms with Crippen LogP contribution in [0.2, 0.25) is 0 Å². The zero-order valence-electron chi connectivity index (χ0n) is 14.7. The molecule has 0 aliphatic carbocycles. The summed E-state index contributed by atoms with van der Waals surface area (Å²) in [5.74, 6) is 1.44. The van der Waals surface area contributed by atoms with Gasteiger partial charge < -0.3 is 14.5 Å². The molecule has 0 saturated carbocycles. The van der Waals surface area contributed by atoms with Crippen molar-refractivity contribution in [3.05, 3.63) is 77.2 Å². The lowest BCUT2D eigenvalue weighted by molar-refractivity contribution is 0.101. The first-order valence-electron chi connectivity index (χ1n) is 8.52. The van der Waals surface area contributed by atoms with Crippen molar-refractivity contribution in [1.29, 1.82) is 0 Å². The Morgan fingerprint density at radius 2 is 2.04 bits per heavy atom. The van der Waals surface area contributed by atoms with Gasteiger partial charge in [0.15, 0.2) is 5.76 Å². The zero-order chi connectivity index (χ0) is 18.1. The molecule has 130 valence electrons. The summed E-state index contributed by atoms with van der Waals surface area (Å²) in [6.07, 6.45) is 5.66. The molecule has 2 aromatic carbocycles. The number of aromatic amines is 1. The molecule has 0 saturated heterocycles. The van der Waals surface area contributed by atoms with Gasteiger partial charge in [0.2, 0.25) is 5.78 Å². The van der Waals surface area contributed by atoms with E-state index in [1.54, 1.807) is 24.3 Å². The van der Waals surface area contributed by atoms with Crippen LogP contribution in [0.1, 0.15) is 29.8 Å². The number of hydrogen-bond acceptors (Lipinski definition) is 3. The number of Topliss-reactive ketones (excluding diaryl/α,β-unsaturated/α-hetero) is 1. The van der Waals surface area contributed by atoms with Crippen LogP contribution in [0.5, 0.6) is 11.5 Å². The van der Waals surface area contributed by atoms with E-state index in [-0.39, 0.29) is 5.78 Å². The molecule has 4 nitrogen and oxygen atoms in total. The maximum absolute atomic E-state index is 12.6. The van der Waals surface area contributed by atoms with Gasteiger partial charge in [-0.2, -0.15) is 0 Å². The SMILES string of the molecule is CC(C)=CCOc1ccc2c(c1)OC(=Cc1c[nH]c3ccccc13)C2=O. The Bertz CT molecular complexity index is 1050. The van der Waals surface area contributed by atoms with Gasteiger partial charge in [0.05, 0.1) is 5.56 Å². The summed E-state index contributed by atoms with van der Waals surface area (Å²) in [5.41, 5.74) is 3.71. The maximum Gasteiger partial charge on any atom is 0.231 e. The molecular weight excluding hydrogens is 326 g/mol. The van der Waals surface area contributed by atoms with Gasteiger partial charge in [-0.25, -0.2) is 0 Å². The number of carbonyl (C=O) groups excluding carboxylic acids is 1. The zero-order valence-corrected chi connectivity index (χ0v) is 14.7. The van der Waals surface area contributed by atoms with Gasteiger partial charge in [0.1, 0.15) is 18.1 Å². The van der Waals surface area contributed by atoms with Crippen LogP contribution in [-0.2, 0) is 0 Å². The first kappa shape index (κ1) is 16.2. The highest BCUT2D eigenvalue weighted by Gasteiger charge is 2.28. The van der Waals surface area contributed by atoms with E-state index in [0.29, 0.717) is 29.4 Å². The van der Waals surface area contributed by atoms with Crippen molar-refractivity contribution in [3.63, 3.8) is 0 Å².